The summed E-state index contributed by atoms with van der Waals surface area (Å²) in [7, 11) is 0. The van der Waals surface area contributed by atoms with Crippen LogP contribution in [0.5, 0.6) is 0 Å². The highest BCUT2D eigenvalue weighted by molar-refractivity contribution is 6.33. The quantitative estimate of drug-likeness (QED) is 0.260. The van der Waals surface area contributed by atoms with Crippen molar-refractivity contribution >= 4 is 39.6 Å². The molecule has 3 heterocycles. The minimum absolute atomic E-state index is 0.214. The Labute approximate surface area is 221 Å². The number of imidazole rings is 1. The van der Waals surface area contributed by atoms with Crippen LogP contribution in [0.2, 0.25) is 5.02 Å². The summed E-state index contributed by atoms with van der Waals surface area (Å²) in [5, 5.41) is 6.31. The Balaban J connectivity index is 1.28. The number of nitrogens with one attached hydrogen (secondary N) is 2. The SMILES string of the molecule is C[C@@H]1CN(c2ccc3c(Nc4ccc(Cl)c(-c5ncc(-c6ccccc6)[nH]5)c4)nccc3c2)C[C@H](C)O1. The number of anilines is 3. The van der Waals surface area contributed by atoms with Crippen molar-refractivity contribution in [2.24, 2.45) is 0 Å². The maximum atomic E-state index is 6.58. The van der Waals surface area contributed by atoms with E-state index in [4.69, 9.17) is 16.3 Å². The van der Waals surface area contributed by atoms with Crippen molar-refractivity contribution < 1.29 is 4.74 Å². The number of aromatic amines is 1. The molecule has 2 aromatic heterocycles. The van der Waals surface area contributed by atoms with Crippen molar-refractivity contribution in [3.63, 3.8) is 0 Å². The number of fused-ring (bicyclic) bond motifs is 1. The van der Waals surface area contributed by atoms with Crippen LogP contribution in [0.25, 0.3) is 33.4 Å². The molecular weight excluding hydrogens is 482 g/mol. The topological polar surface area (TPSA) is 66.1 Å². The first kappa shape index (κ1) is 23.5. The van der Waals surface area contributed by atoms with Crippen LogP contribution in [0.1, 0.15) is 13.8 Å². The molecule has 0 amide bonds. The average Bonchev–Trinajstić information content (AvgIpc) is 3.40. The molecule has 1 fully saturated rings. The fourth-order valence-corrected chi connectivity index (χ4v) is 5.20. The van der Waals surface area contributed by atoms with Crippen LogP contribution in [0, 0.1) is 0 Å². The van der Waals surface area contributed by atoms with E-state index in [-0.39, 0.29) is 12.2 Å². The van der Waals surface area contributed by atoms with E-state index in [9.17, 15) is 0 Å². The number of pyridine rings is 1. The second-order valence-corrected chi connectivity index (χ2v) is 9.97. The molecule has 1 aliphatic rings. The van der Waals surface area contributed by atoms with Gasteiger partial charge in [0, 0.05) is 41.6 Å². The van der Waals surface area contributed by atoms with Gasteiger partial charge in [-0.3, -0.25) is 0 Å². The van der Waals surface area contributed by atoms with Gasteiger partial charge in [-0.1, -0.05) is 41.9 Å². The lowest BCUT2D eigenvalue weighted by Gasteiger charge is -2.37. The normalized spacial score (nSPS) is 17.8. The molecule has 2 N–H and O–H groups in total. The number of aromatic nitrogens is 3. The van der Waals surface area contributed by atoms with Gasteiger partial charge in [-0.15, -0.1) is 0 Å². The third-order valence-electron chi connectivity index (χ3n) is 6.68. The van der Waals surface area contributed by atoms with Crippen molar-refractivity contribution in [1.82, 2.24) is 15.0 Å². The van der Waals surface area contributed by atoms with Gasteiger partial charge in [-0.05, 0) is 67.3 Å². The molecule has 0 aliphatic carbocycles. The largest absolute Gasteiger partial charge is 0.372 e. The lowest BCUT2D eigenvalue weighted by atomic mass is 10.1. The van der Waals surface area contributed by atoms with Crippen molar-refractivity contribution in [2.45, 2.75) is 26.1 Å². The first-order valence-electron chi connectivity index (χ1n) is 12.5. The Morgan fingerprint density at radius 2 is 1.76 bits per heavy atom. The van der Waals surface area contributed by atoms with Gasteiger partial charge in [0.2, 0.25) is 0 Å². The molecule has 0 bridgehead atoms. The second kappa shape index (κ2) is 9.88. The van der Waals surface area contributed by atoms with Gasteiger partial charge in [0.15, 0.2) is 0 Å². The number of rotatable bonds is 5. The maximum Gasteiger partial charge on any atom is 0.139 e. The molecule has 3 aromatic carbocycles. The molecule has 186 valence electrons. The highest BCUT2D eigenvalue weighted by Crippen LogP contribution is 2.33. The summed E-state index contributed by atoms with van der Waals surface area (Å²) in [5.41, 5.74) is 4.93. The first-order chi connectivity index (χ1) is 18.0. The summed E-state index contributed by atoms with van der Waals surface area (Å²) in [4.78, 5) is 15.0. The summed E-state index contributed by atoms with van der Waals surface area (Å²) >= 11 is 6.58. The Kier molecular flexibility index (Phi) is 6.28. The second-order valence-electron chi connectivity index (χ2n) is 9.56. The molecule has 0 radical (unpaired) electrons. The fourth-order valence-electron chi connectivity index (χ4n) is 4.99. The van der Waals surface area contributed by atoms with Crippen LogP contribution in [0.15, 0.2) is 85.2 Å². The zero-order chi connectivity index (χ0) is 25.4. The summed E-state index contributed by atoms with van der Waals surface area (Å²) in [6.07, 6.45) is 4.10. The van der Waals surface area contributed by atoms with Crippen molar-refractivity contribution in [3.05, 3.63) is 90.2 Å². The number of benzene rings is 3. The van der Waals surface area contributed by atoms with Crippen molar-refractivity contribution in [1.29, 1.82) is 0 Å². The van der Waals surface area contributed by atoms with E-state index in [1.807, 2.05) is 48.8 Å². The third kappa shape index (κ3) is 4.90. The first-order valence-corrected chi connectivity index (χ1v) is 12.9. The lowest BCUT2D eigenvalue weighted by molar-refractivity contribution is -0.00521. The van der Waals surface area contributed by atoms with Crippen LogP contribution in [-0.2, 0) is 4.74 Å². The van der Waals surface area contributed by atoms with Gasteiger partial charge >= 0.3 is 0 Å². The van der Waals surface area contributed by atoms with E-state index < -0.39 is 0 Å². The number of ether oxygens (including phenoxy) is 1. The number of morpholine rings is 1. The number of H-pyrrole nitrogens is 1. The average molecular weight is 510 g/mol. The standard InChI is InChI=1S/C30H28ClN5O/c1-19-17-36(18-20(2)37-19)24-9-10-25-22(14-24)12-13-32-29(25)34-23-8-11-27(31)26(15-23)30-33-16-28(35-30)21-6-4-3-5-7-21/h3-16,19-20H,17-18H2,1-2H3,(H,32,34)(H,33,35)/t19-,20+. The Bertz CT molecular complexity index is 1540. The molecule has 0 saturated carbocycles. The van der Waals surface area contributed by atoms with Crippen molar-refractivity contribution in [3.8, 4) is 22.6 Å². The molecule has 6 rings (SSSR count). The summed E-state index contributed by atoms with van der Waals surface area (Å²) < 4.78 is 5.91. The van der Waals surface area contributed by atoms with Gasteiger partial charge in [0.05, 0.1) is 29.1 Å². The minimum atomic E-state index is 0.214. The van der Waals surface area contributed by atoms with Gasteiger partial charge in [-0.2, -0.15) is 0 Å². The van der Waals surface area contributed by atoms with E-state index in [1.54, 1.807) is 0 Å². The van der Waals surface area contributed by atoms with E-state index in [0.29, 0.717) is 5.02 Å². The molecule has 6 nitrogen and oxygen atoms in total. The van der Waals surface area contributed by atoms with Crippen molar-refractivity contribution in [2.75, 3.05) is 23.3 Å². The number of halogens is 1. The maximum absolute atomic E-state index is 6.58. The number of hydrogen-bond donors (Lipinski definition) is 2. The zero-order valence-corrected chi connectivity index (χ0v) is 21.5. The summed E-state index contributed by atoms with van der Waals surface area (Å²) in [6.45, 7) is 6.03. The molecule has 0 unspecified atom stereocenters. The van der Waals surface area contributed by atoms with Crippen LogP contribution in [0.4, 0.5) is 17.2 Å². The zero-order valence-electron chi connectivity index (χ0n) is 20.8. The number of nitrogens with zero attached hydrogens (tertiary/aromatic N) is 3. The van der Waals surface area contributed by atoms with Gasteiger partial charge in [0.1, 0.15) is 11.6 Å². The predicted octanol–water partition coefficient (Wildman–Crippen LogP) is 7.30. The number of hydrogen-bond acceptors (Lipinski definition) is 5. The third-order valence-corrected chi connectivity index (χ3v) is 7.01. The Hall–Kier alpha value is -3.87. The molecule has 1 saturated heterocycles. The minimum Gasteiger partial charge on any atom is -0.372 e. The summed E-state index contributed by atoms with van der Waals surface area (Å²) in [6, 6.07) is 24.6. The molecule has 0 spiro atoms. The summed E-state index contributed by atoms with van der Waals surface area (Å²) in [5.74, 6) is 1.52. The van der Waals surface area contributed by atoms with E-state index in [0.717, 1.165) is 58.0 Å². The van der Waals surface area contributed by atoms with Crippen LogP contribution in [-0.4, -0.2) is 40.2 Å². The molecular formula is C30H28ClN5O. The smallest absolute Gasteiger partial charge is 0.139 e. The van der Waals surface area contributed by atoms with Gasteiger partial charge < -0.3 is 19.9 Å². The molecule has 1 aliphatic heterocycles. The molecule has 7 heteroatoms. The Morgan fingerprint density at radius 1 is 0.946 bits per heavy atom. The predicted molar refractivity (Wildman–Crippen MR) is 152 cm³/mol. The van der Waals surface area contributed by atoms with E-state index in [1.165, 1.54) is 5.69 Å². The molecule has 37 heavy (non-hydrogen) atoms. The molecule has 5 aromatic rings. The van der Waals surface area contributed by atoms with Gasteiger partial charge in [-0.25, -0.2) is 9.97 Å². The van der Waals surface area contributed by atoms with E-state index >= 15 is 0 Å². The van der Waals surface area contributed by atoms with Gasteiger partial charge in [0.25, 0.3) is 0 Å². The Morgan fingerprint density at radius 3 is 2.57 bits per heavy atom. The van der Waals surface area contributed by atoms with Crippen LogP contribution in [0.3, 0.4) is 0 Å². The van der Waals surface area contributed by atoms with Crippen LogP contribution >= 0.6 is 11.6 Å². The molecule has 2 atom stereocenters. The highest BCUT2D eigenvalue weighted by atomic mass is 35.5. The van der Waals surface area contributed by atoms with Crippen LogP contribution < -0.4 is 10.2 Å². The highest BCUT2D eigenvalue weighted by Gasteiger charge is 2.22. The fraction of sp³-hybridized carbons (Fsp3) is 0.200. The van der Waals surface area contributed by atoms with E-state index in [2.05, 4.69) is 75.4 Å². The lowest BCUT2D eigenvalue weighted by Crippen LogP contribution is -2.45. The monoisotopic (exact) mass is 509 g/mol.